The maximum Gasteiger partial charge on any atom is 2.00 e. The Morgan fingerprint density at radius 3 is 1.39 bits per heavy atom. The van der Waals surface area contributed by atoms with Crippen molar-refractivity contribution in [2.75, 3.05) is 0 Å². The first-order valence-electron chi connectivity index (χ1n) is 4.71. The molecule has 23 heavy (non-hydrogen) atoms. The summed E-state index contributed by atoms with van der Waals surface area (Å²) in [5, 5.41) is 17.6. The first-order chi connectivity index (χ1) is 9.28. The second-order valence-electron chi connectivity index (χ2n) is 3.10. The molecule has 1 aromatic rings. The Balaban J connectivity index is -0.000000113. The summed E-state index contributed by atoms with van der Waals surface area (Å²) >= 11 is 0. The Bertz CT molecular complexity index is 429. The fraction of sp³-hybridized carbons (Fsp3) is 0.300. The average Bonchev–Trinajstić information content (AvgIpc) is 2.28. The fourth-order valence-electron chi connectivity index (χ4n) is 0.448. The maximum atomic E-state index is 10.5. The predicted molar refractivity (Wildman–Crippen MR) is 56.1 cm³/mol. The Labute approximate surface area is 140 Å². The second-order valence-corrected chi connectivity index (χ2v) is 3.10. The van der Waals surface area contributed by atoms with E-state index in [0.29, 0.717) is 0 Å². The normalized spacial score (nSPS) is 9.52. The van der Waals surface area contributed by atoms with Crippen molar-refractivity contribution in [2.45, 2.75) is 19.3 Å². The minimum atomic E-state index is -5.19. The number of hydrogen-bond acceptors (Lipinski definition) is 6. The van der Waals surface area contributed by atoms with Gasteiger partial charge in [-0.3, -0.25) is 4.98 Å². The summed E-state index contributed by atoms with van der Waals surface area (Å²) in [6.45, 7) is 2.02. The summed E-state index contributed by atoms with van der Waals surface area (Å²) in [6.07, 6.45) is -6.78. The van der Waals surface area contributed by atoms with Crippen LogP contribution in [0.5, 0.6) is 0 Å². The molecule has 1 heterocycles. The minimum Gasteiger partial charge on any atom is -0.542 e. The second kappa shape index (κ2) is 12.8. The molecule has 1 aromatic heterocycles. The number of halogens is 6. The molecule has 1 rings (SSSR count). The van der Waals surface area contributed by atoms with Gasteiger partial charge in [-0.25, -0.2) is 0 Å². The van der Waals surface area contributed by atoms with Gasteiger partial charge < -0.3 is 26.0 Å². The van der Waals surface area contributed by atoms with Gasteiger partial charge in [0.1, 0.15) is 11.9 Å². The molecule has 6 nitrogen and oxygen atoms in total. The van der Waals surface area contributed by atoms with Crippen molar-refractivity contribution < 1.29 is 67.2 Å². The predicted octanol–water partition coefficient (Wildman–Crippen LogP) is 0.147. The van der Waals surface area contributed by atoms with Crippen LogP contribution in [0.15, 0.2) is 24.5 Å². The summed E-state index contributed by atoms with van der Waals surface area (Å²) in [6, 6.07) is 3.95. The number of aryl methyl sites for hydroxylation is 1. The molecule has 0 aliphatic carbocycles. The number of nitrogens with zero attached hydrogens (tertiary/aromatic N) is 1. The van der Waals surface area contributed by atoms with E-state index in [1.165, 1.54) is 5.56 Å². The zero-order chi connectivity index (χ0) is 17.3. The van der Waals surface area contributed by atoms with Gasteiger partial charge in [-0.05, 0) is 18.6 Å². The molecule has 136 valence electrons. The number of carbonyl (C=O) groups excluding carboxylic acids is 2. The zero-order valence-corrected chi connectivity index (χ0v) is 13.5. The number of carbonyl (C=O) groups is 2. The molecule has 0 atom stereocenters. The molecule has 0 fully saturated rings. The van der Waals surface area contributed by atoms with Gasteiger partial charge >= 0.3 is 33.4 Å². The largest absolute Gasteiger partial charge is 2.00 e. The van der Waals surface area contributed by atoms with E-state index in [-0.39, 0.29) is 27.2 Å². The minimum absolute atomic E-state index is 0. The van der Waals surface area contributed by atoms with Gasteiger partial charge in [0.15, 0.2) is 0 Å². The van der Waals surface area contributed by atoms with Crippen molar-refractivity contribution >= 4 is 11.9 Å². The van der Waals surface area contributed by atoms with E-state index in [4.69, 9.17) is 19.8 Å². The summed E-state index contributed by atoms with van der Waals surface area (Å²) in [7, 11) is 0. The van der Waals surface area contributed by atoms with E-state index in [2.05, 4.69) is 4.98 Å². The monoisotopic (exact) mass is 531 g/mol. The summed E-state index contributed by atoms with van der Waals surface area (Å²) in [5.74, 6) is -6.01. The molecular weight excluding hydrogens is 521 g/mol. The SMILES string of the molecule is Cc1cccnc1.N.O=C([O-])C(F)(F)F.O=C([O-])C(F)(F)F.[Pt+2]. The van der Waals surface area contributed by atoms with Crippen LogP contribution in [0.4, 0.5) is 26.3 Å². The molecule has 0 bridgehead atoms. The number of carboxylic acid groups (broad SMARTS) is 2. The first-order valence-corrected chi connectivity index (χ1v) is 4.71. The molecule has 0 amide bonds. The van der Waals surface area contributed by atoms with Gasteiger partial charge in [0.05, 0.1) is 0 Å². The van der Waals surface area contributed by atoms with Crippen molar-refractivity contribution in [3.8, 4) is 0 Å². The van der Waals surface area contributed by atoms with E-state index in [1.54, 1.807) is 6.20 Å². The maximum absolute atomic E-state index is 10.5. The van der Waals surface area contributed by atoms with Crippen LogP contribution in [-0.2, 0) is 30.7 Å². The van der Waals surface area contributed by atoms with Crippen molar-refractivity contribution in [1.29, 1.82) is 0 Å². The third-order valence-corrected chi connectivity index (χ3v) is 1.27. The Morgan fingerprint density at radius 1 is 1.00 bits per heavy atom. The third kappa shape index (κ3) is 20.3. The number of aromatic nitrogens is 1. The van der Waals surface area contributed by atoms with E-state index in [1.807, 2.05) is 25.3 Å². The number of aliphatic carboxylic acids is 2. The number of carboxylic acids is 2. The van der Waals surface area contributed by atoms with Crippen LogP contribution in [-0.4, -0.2) is 29.3 Å². The fourth-order valence-corrected chi connectivity index (χ4v) is 0.448. The topological polar surface area (TPSA) is 128 Å². The van der Waals surface area contributed by atoms with E-state index >= 15 is 0 Å². The molecule has 0 saturated heterocycles. The van der Waals surface area contributed by atoms with Crippen LogP contribution in [0.1, 0.15) is 5.56 Å². The quantitative estimate of drug-likeness (QED) is 0.475. The number of hydrogen-bond donors (Lipinski definition) is 1. The summed E-state index contributed by atoms with van der Waals surface area (Å²) in [5.41, 5.74) is 1.21. The van der Waals surface area contributed by atoms with Gasteiger partial charge in [0.2, 0.25) is 0 Å². The summed E-state index contributed by atoms with van der Waals surface area (Å²) < 4.78 is 63.1. The van der Waals surface area contributed by atoms with Crippen LogP contribution in [0.25, 0.3) is 0 Å². The molecule has 0 aromatic carbocycles. The van der Waals surface area contributed by atoms with Crippen LogP contribution in [0, 0.1) is 6.92 Å². The van der Waals surface area contributed by atoms with Gasteiger partial charge in [-0.2, -0.15) is 26.3 Å². The van der Waals surface area contributed by atoms with Gasteiger partial charge in [0.25, 0.3) is 0 Å². The Kier molecular flexibility index (Phi) is 16.4. The Morgan fingerprint density at radius 2 is 1.30 bits per heavy atom. The molecule has 0 aliphatic rings. The molecule has 0 radical (unpaired) electrons. The molecule has 0 aliphatic heterocycles. The Hall–Kier alpha value is -1.68. The van der Waals surface area contributed by atoms with Crippen LogP contribution < -0.4 is 16.4 Å². The molecule has 0 unspecified atom stereocenters. The van der Waals surface area contributed by atoms with E-state index < -0.39 is 24.3 Å². The van der Waals surface area contributed by atoms with Crippen molar-refractivity contribution in [2.24, 2.45) is 0 Å². The third-order valence-electron chi connectivity index (χ3n) is 1.27. The average molecular weight is 531 g/mol. The van der Waals surface area contributed by atoms with Crippen LogP contribution in [0.2, 0.25) is 0 Å². The zero-order valence-electron chi connectivity index (χ0n) is 11.2. The van der Waals surface area contributed by atoms with E-state index in [0.717, 1.165) is 0 Å². The van der Waals surface area contributed by atoms with Crippen molar-refractivity contribution in [3.63, 3.8) is 0 Å². The smallest absolute Gasteiger partial charge is 0.542 e. The molecule has 3 N–H and O–H groups in total. The molecule has 0 spiro atoms. The molecule has 0 saturated carbocycles. The standard InChI is InChI=1S/C6H7N.2C2HF3O2.H3N.Pt/c1-6-3-2-4-7-5-6;2*3-2(4,5)1(6)7;;/h2-5H,1H3;2*(H,6,7);1H3;/q;;;;+2/p-2. The van der Waals surface area contributed by atoms with Gasteiger partial charge in [-0.15, -0.1) is 0 Å². The van der Waals surface area contributed by atoms with Gasteiger partial charge in [-0.1, -0.05) is 6.07 Å². The summed E-state index contributed by atoms with van der Waals surface area (Å²) in [4.78, 5) is 21.5. The van der Waals surface area contributed by atoms with Gasteiger partial charge in [0, 0.05) is 12.4 Å². The van der Waals surface area contributed by atoms with Crippen molar-refractivity contribution in [1.82, 2.24) is 11.1 Å². The van der Waals surface area contributed by atoms with Crippen LogP contribution in [0.3, 0.4) is 0 Å². The molecular formula is C10H10F6N2O4Pt. The van der Waals surface area contributed by atoms with Crippen molar-refractivity contribution in [3.05, 3.63) is 30.1 Å². The first kappa shape index (κ1) is 29.3. The number of pyridine rings is 1. The van der Waals surface area contributed by atoms with Crippen LogP contribution >= 0.6 is 0 Å². The number of alkyl halides is 6. The molecule has 13 heteroatoms. The number of rotatable bonds is 0. The van der Waals surface area contributed by atoms with E-state index in [9.17, 15) is 26.3 Å².